The summed E-state index contributed by atoms with van der Waals surface area (Å²) in [7, 11) is -4.25. The van der Waals surface area contributed by atoms with Crippen LogP contribution in [0, 0.1) is 10.1 Å². The topological polar surface area (TPSA) is 132 Å². The first-order valence-corrected chi connectivity index (χ1v) is 9.53. The van der Waals surface area contributed by atoms with Gasteiger partial charge < -0.3 is 19.1 Å². The lowest BCUT2D eigenvalue weighted by molar-refractivity contribution is -0.384. The number of carbonyl (C=O) groups is 1. The highest BCUT2D eigenvalue weighted by Crippen LogP contribution is 2.59. The molecule has 0 aliphatic rings. The van der Waals surface area contributed by atoms with Crippen molar-refractivity contribution in [2.75, 3.05) is 0 Å². The summed E-state index contributed by atoms with van der Waals surface area (Å²) >= 11 is 0. The number of ether oxygens (including phenoxy) is 1. The third-order valence-corrected chi connectivity index (χ3v) is 5.21. The number of esters is 1. The highest BCUT2D eigenvalue weighted by atomic mass is 31.2. The molecule has 9 nitrogen and oxygen atoms in total. The van der Waals surface area contributed by atoms with Crippen molar-refractivity contribution in [1.82, 2.24) is 4.57 Å². The second-order valence-corrected chi connectivity index (χ2v) is 7.74. The van der Waals surface area contributed by atoms with Crippen molar-refractivity contribution in [1.29, 1.82) is 0 Å². The highest BCUT2D eigenvalue weighted by Gasteiger charge is 2.50. The Morgan fingerprint density at radius 3 is 2.34 bits per heavy atom. The van der Waals surface area contributed by atoms with Gasteiger partial charge in [0.1, 0.15) is 11.4 Å². The van der Waals surface area contributed by atoms with E-state index in [-0.39, 0.29) is 22.5 Å². The number of nitro benzene ring substituents is 1. The zero-order valence-corrected chi connectivity index (χ0v) is 15.5. The molecule has 0 saturated heterocycles. The van der Waals surface area contributed by atoms with Crippen LogP contribution in [0.1, 0.15) is 16.1 Å². The van der Waals surface area contributed by atoms with E-state index in [1.807, 2.05) is 0 Å². The third-order valence-electron chi connectivity index (χ3n) is 4.22. The molecule has 0 saturated carbocycles. The minimum atomic E-state index is -5.73. The Labute approximate surface area is 161 Å². The number of carbonyl (C=O) groups excluding carboxylic acids is 1. The zero-order valence-electron chi connectivity index (χ0n) is 14.7. The Balaban J connectivity index is 1.93. The number of nitrogens with zero attached hydrogens (tertiary/aromatic N) is 2. The first kappa shape index (κ1) is 20.6. The fourth-order valence-corrected chi connectivity index (χ4v) is 3.17. The van der Waals surface area contributed by atoms with Crippen molar-refractivity contribution in [3.8, 4) is 5.75 Å². The molecule has 3 aromatic rings. The molecule has 3 rings (SSSR count). The molecule has 152 valence electrons. The maximum atomic E-state index is 13.9. The van der Waals surface area contributed by atoms with Crippen molar-refractivity contribution in [2.24, 2.45) is 7.05 Å². The summed E-state index contributed by atoms with van der Waals surface area (Å²) in [6.07, 6.45) is 0. The number of rotatable bonds is 5. The SMILES string of the molecule is Cn1c(C(=O)Oc2ccc([N+](=O)[O-])cc2)cc2cc(C(F)(F)P(=O)(O)O)ccc21. The van der Waals surface area contributed by atoms with Gasteiger partial charge in [0, 0.05) is 35.6 Å². The lowest BCUT2D eigenvalue weighted by Gasteiger charge is -2.17. The maximum Gasteiger partial charge on any atom is 0.399 e. The number of alkyl halides is 2. The van der Waals surface area contributed by atoms with Crippen LogP contribution in [0.3, 0.4) is 0 Å². The molecule has 0 spiro atoms. The molecular weight excluding hydrogens is 413 g/mol. The Bertz CT molecular complexity index is 1170. The van der Waals surface area contributed by atoms with Crippen LogP contribution in [0.25, 0.3) is 10.9 Å². The monoisotopic (exact) mass is 426 g/mol. The van der Waals surface area contributed by atoms with E-state index in [9.17, 15) is 28.3 Å². The molecule has 1 heterocycles. The Hall–Kier alpha value is -3.14. The molecule has 0 aliphatic carbocycles. The van der Waals surface area contributed by atoms with E-state index in [1.54, 1.807) is 0 Å². The maximum absolute atomic E-state index is 13.9. The van der Waals surface area contributed by atoms with Gasteiger partial charge in [0.05, 0.1) is 4.92 Å². The number of halogens is 2. The van der Waals surface area contributed by atoms with Crippen LogP contribution in [-0.4, -0.2) is 25.2 Å². The predicted octanol–water partition coefficient (Wildman–Crippen LogP) is 3.53. The largest absolute Gasteiger partial charge is 0.422 e. The van der Waals surface area contributed by atoms with E-state index in [4.69, 9.17) is 14.5 Å². The summed E-state index contributed by atoms with van der Waals surface area (Å²) in [5, 5.41) is 10.8. The molecule has 0 amide bonds. The van der Waals surface area contributed by atoms with E-state index in [2.05, 4.69) is 0 Å². The molecule has 0 atom stereocenters. The van der Waals surface area contributed by atoms with Gasteiger partial charge in [0.15, 0.2) is 0 Å². The normalized spacial score (nSPS) is 12.2. The van der Waals surface area contributed by atoms with Crippen molar-refractivity contribution < 1.29 is 37.6 Å². The molecule has 0 bridgehead atoms. The third kappa shape index (κ3) is 3.75. The minimum Gasteiger partial charge on any atom is -0.422 e. The molecule has 1 aromatic heterocycles. The second-order valence-electron chi connectivity index (χ2n) is 6.09. The number of aromatic nitrogens is 1. The van der Waals surface area contributed by atoms with E-state index in [1.165, 1.54) is 35.9 Å². The first-order valence-electron chi connectivity index (χ1n) is 7.92. The Morgan fingerprint density at radius 2 is 1.79 bits per heavy atom. The molecule has 0 radical (unpaired) electrons. The molecule has 12 heteroatoms. The molecule has 2 N–H and O–H groups in total. The summed E-state index contributed by atoms with van der Waals surface area (Å²) in [4.78, 5) is 40.2. The van der Waals surface area contributed by atoms with Crippen LogP contribution in [0.4, 0.5) is 14.5 Å². The average molecular weight is 426 g/mol. The first-order chi connectivity index (χ1) is 13.4. The predicted molar refractivity (Wildman–Crippen MR) is 96.9 cm³/mol. The van der Waals surface area contributed by atoms with Gasteiger partial charge in [-0.2, -0.15) is 8.78 Å². The van der Waals surface area contributed by atoms with Crippen LogP contribution < -0.4 is 4.74 Å². The van der Waals surface area contributed by atoms with Crippen LogP contribution in [0.15, 0.2) is 48.5 Å². The lowest BCUT2D eigenvalue weighted by atomic mass is 10.1. The zero-order chi connectivity index (χ0) is 21.6. The summed E-state index contributed by atoms with van der Waals surface area (Å²) < 4.78 is 45.4. The lowest BCUT2D eigenvalue weighted by Crippen LogP contribution is -2.13. The summed E-state index contributed by atoms with van der Waals surface area (Å²) in [6.45, 7) is 0. The van der Waals surface area contributed by atoms with E-state index in [0.29, 0.717) is 5.52 Å². The van der Waals surface area contributed by atoms with Crippen LogP contribution in [-0.2, 0) is 17.3 Å². The van der Waals surface area contributed by atoms with Crippen LogP contribution >= 0.6 is 7.60 Å². The summed E-state index contributed by atoms with van der Waals surface area (Å²) in [5.41, 5.74) is -5.12. The molecule has 29 heavy (non-hydrogen) atoms. The fraction of sp³-hybridized carbons (Fsp3) is 0.118. The van der Waals surface area contributed by atoms with Gasteiger partial charge in [0.2, 0.25) is 0 Å². The molecular formula is C17H13F2N2O7P. The number of non-ortho nitro benzene ring substituents is 1. The molecule has 0 fully saturated rings. The number of hydrogen-bond donors (Lipinski definition) is 2. The van der Waals surface area contributed by atoms with E-state index >= 15 is 0 Å². The fourth-order valence-electron chi connectivity index (χ4n) is 2.70. The number of hydrogen-bond acceptors (Lipinski definition) is 5. The number of aryl methyl sites for hydroxylation is 1. The van der Waals surface area contributed by atoms with Crippen molar-refractivity contribution in [3.63, 3.8) is 0 Å². The standard InChI is InChI=1S/C17H13F2N2O7P/c1-20-14-7-2-11(17(18,19)29(25,26)27)8-10(14)9-15(20)16(22)28-13-5-3-12(4-6-13)21(23)24/h2-9H,1H3,(H2,25,26,27). The van der Waals surface area contributed by atoms with Gasteiger partial charge in [-0.25, -0.2) is 4.79 Å². The quantitative estimate of drug-likeness (QED) is 0.210. The van der Waals surface area contributed by atoms with E-state index < -0.39 is 29.7 Å². The smallest absolute Gasteiger partial charge is 0.399 e. The van der Waals surface area contributed by atoms with Gasteiger partial charge in [-0.05, 0) is 30.3 Å². The molecule has 0 unspecified atom stereocenters. The van der Waals surface area contributed by atoms with Crippen molar-refractivity contribution in [3.05, 3.63) is 69.9 Å². The number of fused-ring (bicyclic) bond motifs is 1. The van der Waals surface area contributed by atoms with Crippen LogP contribution in [0.5, 0.6) is 5.75 Å². The number of nitro groups is 1. The molecule has 0 aliphatic heterocycles. The van der Waals surface area contributed by atoms with Gasteiger partial charge in [-0.15, -0.1) is 0 Å². The van der Waals surface area contributed by atoms with Gasteiger partial charge in [-0.3, -0.25) is 14.7 Å². The minimum absolute atomic E-state index is 0.0185. The molecule has 2 aromatic carbocycles. The Morgan fingerprint density at radius 1 is 1.17 bits per heavy atom. The average Bonchev–Trinajstić information content (AvgIpc) is 2.97. The summed E-state index contributed by atoms with van der Waals surface area (Å²) in [5.74, 6) is -0.805. The van der Waals surface area contributed by atoms with Crippen molar-refractivity contribution >= 4 is 30.2 Å². The van der Waals surface area contributed by atoms with Crippen LogP contribution in [0.2, 0.25) is 0 Å². The van der Waals surface area contributed by atoms with Crippen molar-refractivity contribution in [2.45, 2.75) is 5.66 Å². The highest BCUT2D eigenvalue weighted by molar-refractivity contribution is 7.52. The van der Waals surface area contributed by atoms with E-state index in [0.717, 1.165) is 24.3 Å². The summed E-state index contributed by atoms with van der Waals surface area (Å²) in [6, 6.07) is 8.97. The Kier molecular flexibility index (Phi) is 4.99. The van der Waals surface area contributed by atoms with Gasteiger partial charge in [-0.1, -0.05) is 6.07 Å². The van der Waals surface area contributed by atoms with Gasteiger partial charge in [0.25, 0.3) is 5.69 Å². The number of benzene rings is 2. The van der Waals surface area contributed by atoms with Gasteiger partial charge >= 0.3 is 19.2 Å². The second kappa shape index (κ2) is 7.03.